The molecule has 0 aromatic carbocycles. The zero-order chi connectivity index (χ0) is 24.4. The fourth-order valence-corrected chi connectivity index (χ4v) is 3.83. The summed E-state index contributed by atoms with van der Waals surface area (Å²) in [7, 11) is 0. The van der Waals surface area contributed by atoms with Crippen molar-refractivity contribution in [2.24, 2.45) is 5.92 Å². The van der Waals surface area contributed by atoms with Crippen LogP contribution in [0.1, 0.15) is 54.9 Å². The average Bonchev–Trinajstić information content (AvgIpc) is 3.40. The predicted molar refractivity (Wildman–Crippen MR) is 115 cm³/mol. The molecule has 1 saturated heterocycles. The van der Waals surface area contributed by atoms with Gasteiger partial charge in [-0.15, -0.1) is 0 Å². The number of hydrogen-bond acceptors (Lipinski definition) is 8. The highest BCUT2D eigenvalue weighted by atomic mass is 16.7. The molecule has 6 atom stereocenters. The number of hydrogen-bond donors (Lipinski definition) is 0. The van der Waals surface area contributed by atoms with Crippen molar-refractivity contribution in [3.8, 4) is 0 Å². The Morgan fingerprint density at radius 1 is 1.12 bits per heavy atom. The molecule has 2 rings (SSSR count). The maximum atomic E-state index is 13.1. The number of carbonyl (C=O) groups excluding carboxylic acids is 4. The predicted octanol–water partition coefficient (Wildman–Crippen LogP) is 3.00. The quantitative estimate of drug-likeness (QED) is 0.183. The van der Waals surface area contributed by atoms with Gasteiger partial charge in [0, 0.05) is 25.8 Å². The van der Waals surface area contributed by atoms with Gasteiger partial charge in [-0.3, -0.25) is 14.4 Å². The lowest BCUT2D eigenvalue weighted by Crippen LogP contribution is -2.56. The van der Waals surface area contributed by atoms with Crippen molar-refractivity contribution in [1.82, 2.24) is 0 Å². The largest absolute Gasteiger partial charge is 0.459 e. The summed E-state index contributed by atoms with van der Waals surface area (Å²) in [6.07, 6.45) is 0.0234. The van der Waals surface area contributed by atoms with Gasteiger partial charge >= 0.3 is 17.9 Å². The first-order valence-electron chi connectivity index (χ1n) is 10.6. The molecule has 0 radical (unpaired) electrons. The molecular weight excluding hydrogens is 416 g/mol. The van der Waals surface area contributed by atoms with Crippen molar-refractivity contribution in [3.63, 3.8) is 0 Å². The van der Waals surface area contributed by atoms with E-state index in [9.17, 15) is 19.2 Å². The van der Waals surface area contributed by atoms with Gasteiger partial charge in [0.25, 0.3) is 0 Å². The van der Waals surface area contributed by atoms with E-state index in [0.29, 0.717) is 11.1 Å². The fraction of sp³-hybridized carbons (Fsp3) is 0.583. The van der Waals surface area contributed by atoms with E-state index in [2.05, 4.69) is 6.58 Å². The highest BCUT2D eigenvalue weighted by Gasteiger charge is 2.72. The Kier molecular flexibility index (Phi) is 7.83. The molecular formula is C24H32O8. The first-order valence-corrected chi connectivity index (χ1v) is 10.6. The lowest BCUT2D eigenvalue weighted by molar-refractivity contribution is -0.168. The van der Waals surface area contributed by atoms with Gasteiger partial charge in [-0.25, -0.2) is 4.79 Å². The van der Waals surface area contributed by atoms with Crippen LogP contribution in [0, 0.1) is 5.92 Å². The molecule has 176 valence electrons. The number of ether oxygens (including phenoxy) is 4. The van der Waals surface area contributed by atoms with E-state index < -0.39 is 59.6 Å². The average molecular weight is 449 g/mol. The Balaban J connectivity index is 2.49. The Bertz CT molecular complexity index is 878. The van der Waals surface area contributed by atoms with Crippen molar-refractivity contribution >= 4 is 23.7 Å². The van der Waals surface area contributed by atoms with Crippen LogP contribution in [0.15, 0.2) is 35.5 Å². The third kappa shape index (κ3) is 5.35. The molecule has 0 amide bonds. The second-order valence-corrected chi connectivity index (χ2v) is 8.60. The first-order chi connectivity index (χ1) is 14.8. The summed E-state index contributed by atoms with van der Waals surface area (Å²) in [5.41, 5.74) is 0.492. The van der Waals surface area contributed by atoms with Gasteiger partial charge in [-0.05, 0) is 40.2 Å². The van der Waals surface area contributed by atoms with Gasteiger partial charge < -0.3 is 18.9 Å². The van der Waals surface area contributed by atoms with Crippen LogP contribution in [-0.2, 0) is 38.1 Å². The normalized spacial score (nSPS) is 29.8. The van der Waals surface area contributed by atoms with E-state index >= 15 is 0 Å². The number of carbonyl (C=O) groups is 4. The minimum absolute atomic E-state index is 0.289. The summed E-state index contributed by atoms with van der Waals surface area (Å²) < 4.78 is 22.2. The number of allylic oxidation sites excluding steroid dienone is 2. The van der Waals surface area contributed by atoms with Crippen molar-refractivity contribution < 1.29 is 38.1 Å². The van der Waals surface area contributed by atoms with Crippen LogP contribution in [0.2, 0.25) is 0 Å². The van der Waals surface area contributed by atoms with Crippen LogP contribution in [0.3, 0.4) is 0 Å². The van der Waals surface area contributed by atoms with Crippen molar-refractivity contribution in [1.29, 1.82) is 0 Å². The molecule has 8 heteroatoms. The molecule has 8 nitrogen and oxygen atoms in total. The molecule has 2 aliphatic rings. The number of esters is 3. The summed E-state index contributed by atoms with van der Waals surface area (Å²) in [4.78, 5) is 49.3. The van der Waals surface area contributed by atoms with Crippen molar-refractivity contribution in [2.75, 3.05) is 0 Å². The molecule has 1 unspecified atom stereocenters. The summed E-state index contributed by atoms with van der Waals surface area (Å²) in [5, 5.41) is 0. The molecule has 0 N–H and O–H groups in total. The number of epoxide rings is 1. The van der Waals surface area contributed by atoms with Crippen molar-refractivity contribution in [3.05, 3.63) is 35.5 Å². The van der Waals surface area contributed by atoms with E-state index in [-0.39, 0.29) is 6.42 Å². The van der Waals surface area contributed by atoms with E-state index in [4.69, 9.17) is 18.9 Å². The lowest BCUT2D eigenvalue weighted by Gasteiger charge is -2.38. The summed E-state index contributed by atoms with van der Waals surface area (Å²) >= 11 is 0. The Morgan fingerprint density at radius 2 is 1.72 bits per heavy atom. The Morgan fingerprint density at radius 3 is 2.22 bits per heavy atom. The molecule has 1 saturated carbocycles. The molecule has 0 bridgehead atoms. The monoisotopic (exact) mass is 448 g/mol. The maximum Gasteiger partial charge on any atom is 0.333 e. The smallest absolute Gasteiger partial charge is 0.333 e. The number of fused-ring (bicyclic) bond motifs is 1. The van der Waals surface area contributed by atoms with Crippen LogP contribution >= 0.6 is 0 Å². The second kappa shape index (κ2) is 9.81. The molecule has 32 heavy (non-hydrogen) atoms. The van der Waals surface area contributed by atoms with Crippen LogP contribution < -0.4 is 0 Å². The zero-order valence-corrected chi connectivity index (χ0v) is 19.7. The maximum absolute atomic E-state index is 13.1. The minimum atomic E-state index is -1.29. The molecule has 0 aromatic rings. The van der Waals surface area contributed by atoms with E-state index in [1.165, 1.54) is 13.8 Å². The molecule has 0 aromatic heterocycles. The number of Topliss-reactive ketones (excluding diaryl/α,β-unsaturated/α-hetero) is 1. The fourth-order valence-electron chi connectivity index (χ4n) is 3.83. The van der Waals surface area contributed by atoms with Gasteiger partial charge in [-0.1, -0.05) is 24.3 Å². The molecule has 1 aliphatic carbocycles. The van der Waals surface area contributed by atoms with Crippen LogP contribution in [0.4, 0.5) is 0 Å². The van der Waals surface area contributed by atoms with Gasteiger partial charge in [0.15, 0.2) is 11.7 Å². The van der Waals surface area contributed by atoms with Crippen molar-refractivity contribution in [2.45, 2.75) is 84.9 Å². The number of ketones is 1. The van der Waals surface area contributed by atoms with E-state index in [1.54, 1.807) is 26.8 Å². The molecule has 0 spiro atoms. The lowest BCUT2D eigenvalue weighted by atomic mass is 9.72. The third-order valence-corrected chi connectivity index (χ3v) is 5.76. The van der Waals surface area contributed by atoms with E-state index in [1.807, 2.05) is 19.9 Å². The molecule has 1 aliphatic heterocycles. The SMILES string of the molecule is C=C(C(CC=C(C)C)OC(=O)/C(C)=C\C)[C@@H]1[C@@H](OC(C)=O)[C@@H]2O[C@]2(C)C(=O)[C@H]1OC(C)=O. The second-order valence-electron chi connectivity index (χ2n) is 8.60. The summed E-state index contributed by atoms with van der Waals surface area (Å²) in [6.45, 7) is 15.2. The molecule has 1 heterocycles. The van der Waals surface area contributed by atoms with Gasteiger partial charge in [0.2, 0.25) is 5.78 Å². The summed E-state index contributed by atoms with van der Waals surface area (Å²) in [5.74, 6) is -3.17. The van der Waals surface area contributed by atoms with E-state index in [0.717, 1.165) is 5.57 Å². The van der Waals surface area contributed by atoms with Gasteiger partial charge in [0.05, 0.1) is 5.92 Å². The Hall–Kier alpha value is -2.74. The van der Waals surface area contributed by atoms with Gasteiger partial charge in [0.1, 0.15) is 18.3 Å². The third-order valence-electron chi connectivity index (χ3n) is 5.76. The zero-order valence-electron chi connectivity index (χ0n) is 19.7. The summed E-state index contributed by atoms with van der Waals surface area (Å²) in [6, 6.07) is 0. The van der Waals surface area contributed by atoms with Gasteiger partial charge in [-0.2, -0.15) is 0 Å². The first kappa shape index (κ1) is 25.5. The standard InChI is InChI=1S/C24H32O8/c1-9-13(4)23(28)31-17(11-10-12(2)3)14(5)18-19(29-15(6)25)21(27)24(8)22(32-24)20(18)30-16(7)26/h9-10,17-20,22H,5,11H2,1-4,6-8H3/b13-9-/t17?,18-,19-,20+,22-,24+/m0/s1. The highest BCUT2D eigenvalue weighted by Crippen LogP contribution is 2.51. The van der Waals surface area contributed by atoms with Crippen LogP contribution in [0.5, 0.6) is 0 Å². The minimum Gasteiger partial charge on any atom is -0.459 e. The topological polar surface area (TPSA) is 108 Å². The van der Waals surface area contributed by atoms with Crippen LogP contribution in [-0.4, -0.2) is 53.7 Å². The highest BCUT2D eigenvalue weighted by molar-refractivity contribution is 5.97. The number of rotatable bonds is 8. The Labute approximate surface area is 188 Å². The van der Waals surface area contributed by atoms with Crippen LogP contribution in [0.25, 0.3) is 0 Å². The molecule has 2 fully saturated rings.